The van der Waals surface area contributed by atoms with Crippen molar-refractivity contribution < 1.29 is 4.79 Å². The normalized spacial score (nSPS) is 10.9. The van der Waals surface area contributed by atoms with E-state index >= 15 is 0 Å². The van der Waals surface area contributed by atoms with Crippen molar-refractivity contribution in [3.05, 3.63) is 40.9 Å². The summed E-state index contributed by atoms with van der Waals surface area (Å²) in [7, 11) is 0. The van der Waals surface area contributed by atoms with Gasteiger partial charge in [-0.1, -0.05) is 41.9 Å². The Labute approximate surface area is 121 Å². The number of benzene rings is 2. The molecule has 2 aromatic carbocycles. The van der Waals surface area contributed by atoms with Crippen molar-refractivity contribution in [1.82, 2.24) is 5.32 Å². The molecule has 2 aromatic rings. The van der Waals surface area contributed by atoms with Crippen LogP contribution >= 0.6 is 15.9 Å². The van der Waals surface area contributed by atoms with Crippen LogP contribution in [0.5, 0.6) is 0 Å². The summed E-state index contributed by atoms with van der Waals surface area (Å²) >= 11 is 3.45. The van der Waals surface area contributed by atoms with Gasteiger partial charge < -0.3 is 10.6 Å². The molecule has 0 fully saturated rings. The van der Waals surface area contributed by atoms with E-state index in [0.29, 0.717) is 12.6 Å². The average Bonchev–Trinajstić information content (AvgIpc) is 2.36. The van der Waals surface area contributed by atoms with Crippen molar-refractivity contribution in [2.45, 2.75) is 19.9 Å². The molecule has 19 heavy (non-hydrogen) atoms. The number of nitrogens with one attached hydrogen (secondary N) is 2. The third-order valence-corrected chi connectivity index (χ3v) is 3.25. The van der Waals surface area contributed by atoms with Gasteiger partial charge in [0.15, 0.2) is 0 Å². The minimum absolute atomic E-state index is 0.0230. The van der Waals surface area contributed by atoms with Gasteiger partial charge in [-0.05, 0) is 35.0 Å². The third-order valence-electron chi connectivity index (χ3n) is 2.76. The molecule has 3 nitrogen and oxygen atoms in total. The Bertz CT molecular complexity index is 596. The van der Waals surface area contributed by atoms with Gasteiger partial charge in [0.2, 0.25) is 5.91 Å². The Morgan fingerprint density at radius 1 is 1.16 bits per heavy atom. The van der Waals surface area contributed by atoms with E-state index in [1.54, 1.807) is 0 Å². The van der Waals surface area contributed by atoms with E-state index in [2.05, 4.69) is 32.6 Å². The number of rotatable bonds is 4. The van der Waals surface area contributed by atoms with Gasteiger partial charge in [0.05, 0.1) is 6.54 Å². The number of amides is 1. The van der Waals surface area contributed by atoms with Crippen LogP contribution in [0.4, 0.5) is 5.69 Å². The Morgan fingerprint density at radius 3 is 2.58 bits per heavy atom. The van der Waals surface area contributed by atoms with E-state index in [4.69, 9.17) is 0 Å². The summed E-state index contributed by atoms with van der Waals surface area (Å²) in [6, 6.07) is 12.3. The number of carbonyl (C=O) groups is 1. The quantitative estimate of drug-likeness (QED) is 0.904. The molecule has 0 aliphatic carbocycles. The first-order valence-electron chi connectivity index (χ1n) is 6.27. The minimum atomic E-state index is -0.0230. The Kier molecular flexibility index (Phi) is 4.56. The van der Waals surface area contributed by atoms with Crippen molar-refractivity contribution in [2.75, 3.05) is 11.9 Å². The van der Waals surface area contributed by atoms with E-state index < -0.39 is 0 Å². The second-order valence-corrected chi connectivity index (χ2v) is 5.71. The molecule has 0 unspecified atom stereocenters. The number of carbonyl (C=O) groups excluding carboxylic acids is 1. The summed E-state index contributed by atoms with van der Waals surface area (Å²) in [6.45, 7) is 4.36. The second-order valence-electron chi connectivity index (χ2n) is 4.79. The standard InChI is InChI=1S/C15H17BrN2O/c1-10(2)17-9-15(19)18-14-6-4-11-7-13(16)5-3-12(11)8-14/h3-8,10,17H,9H2,1-2H3,(H,18,19). The predicted octanol–water partition coefficient (Wildman–Crippen LogP) is 3.54. The molecule has 2 rings (SSSR count). The van der Waals surface area contributed by atoms with Crippen LogP contribution in [0, 0.1) is 0 Å². The van der Waals surface area contributed by atoms with Crippen LogP contribution in [0.15, 0.2) is 40.9 Å². The van der Waals surface area contributed by atoms with Crippen LogP contribution in [-0.4, -0.2) is 18.5 Å². The van der Waals surface area contributed by atoms with E-state index in [9.17, 15) is 4.79 Å². The Balaban J connectivity index is 2.09. The molecule has 0 spiro atoms. The molecule has 0 heterocycles. The number of anilines is 1. The molecule has 0 aliphatic heterocycles. The molecule has 0 aromatic heterocycles. The number of hydrogen-bond donors (Lipinski definition) is 2. The van der Waals surface area contributed by atoms with Gasteiger partial charge in [0, 0.05) is 16.2 Å². The third kappa shape index (κ3) is 4.04. The van der Waals surface area contributed by atoms with E-state index in [1.807, 2.05) is 44.2 Å². The van der Waals surface area contributed by atoms with Crippen LogP contribution < -0.4 is 10.6 Å². The number of hydrogen-bond acceptors (Lipinski definition) is 2. The number of fused-ring (bicyclic) bond motifs is 1. The number of halogens is 1. The second kappa shape index (κ2) is 6.17. The minimum Gasteiger partial charge on any atom is -0.325 e. The summed E-state index contributed by atoms with van der Waals surface area (Å²) in [5.74, 6) is -0.0230. The van der Waals surface area contributed by atoms with Gasteiger partial charge in [0.1, 0.15) is 0 Å². The summed E-state index contributed by atoms with van der Waals surface area (Å²) in [6.07, 6.45) is 0. The van der Waals surface area contributed by atoms with Crippen molar-refractivity contribution in [1.29, 1.82) is 0 Å². The van der Waals surface area contributed by atoms with Gasteiger partial charge in [0.25, 0.3) is 0 Å². The lowest BCUT2D eigenvalue weighted by Crippen LogP contribution is -2.32. The van der Waals surface area contributed by atoms with Crippen molar-refractivity contribution >= 4 is 38.3 Å². The highest BCUT2D eigenvalue weighted by atomic mass is 79.9. The van der Waals surface area contributed by atoms with Crippen molar-refractivity contribution in [3.63, 3.8) is 0 Å². The molecule has 0 bridgehead atoms. The van der Waals surface area contributed by atoms with Gasteiger partial charge >= 0.3 is 0 Å². The fraction of sp³-hybridized carbons (Fsp3) is 0.267. The zero-order valence-corrected chi connectivity index (χ0v) is 12.6. The van der Waals surface area contributed by atoms with Crippen LogP contribution in [-0.2, 0) is 4.79 Å². The maximum Gasteiger partial charge on any atom is 0.238 e. The summed E-state index contributed by atoms with van der Waals surface area (Å²) in [4.78, 5) is 11.7. The zero-order chi connectivity index (χ0) is 13.8. The fourth-order valence-electron chi connectivity index (χ4n) is 1.80. The van der Waals surface area contributed by atoms with Crippen LogP contribution in [0.1, 0.15) is 13.8 Å². The average molecular weight is 321 g/mol. The van der Waals surface area contributed by atoms with Crippen LogP contribution in [0.3, 0.4) is 0 Å². The van der Waals surface area contributed by atoms with Crippen LogP contribution in [0.25, 0.3) is 10.8 Å². The Hall–Kier alpha value is -1.39. The maximum absolute atomic E-state index is 11.7. The van der Waals surface area contributed by atoms with Crippen molar-refractivity contribution in [3.8, 4) is 0 Å². The molecular formula is C15H17BrN2O. The maximum atomic E-state index is 11.7. The molecule has 100 valence electrons. The monoisotopic (exact) mass is 320 g/mol. The zero-order valence-electron chi connectivity index (χ0n) is 11.0. The molecule has 0 radical (unpaired) electrons. The lowest BCUT2D eigenvalue weighted by Gasteiger charge is -2.09. The summed E-state index contributed by atoms with van der Waals surface area (Å²) in [5.41, 5.74) is 0.824. The highest BCUT2D eigenvalue weighted by Gasteiger charge is 2.04. The van der Waals surface area contributed by atoms with E-state index in [0.717, 1.165) is 20.9 Å². The first kappa shape index (κ1) is 14.0. The lowest BCUT2D eigenvalue weighted by atomic mass is 10.1. The topological polar surface area (TPSA) is 41.1 Å². The Morgan fingerprint density at radius 2 is 1.84 bits per heavy atom. The van der Waals surface area contributed by atoms with Gasteiger partial charge in [-0.25, -0.2) is 0 Å². The van der Waals surface area contributed by atoms with Crippen LogP contribution in [0.2, 0.25) is 0 Å². The largest absolute Gasteiger partial charge is 0.325 e. The van der Waals surface area contributed by atoms with Gasteiger partial charge in [-0.15, -0.1) is 0 Å². The molecule has 0 saturated heterocycles. The molecule has 1 amide bonds. The first-order chi connectivity index (χ1) is 9.04. The molecule has 0 saturated carbocycles. The predicted molar refractivity (Wildman–Crippen MR) is 83.4 cm³/mol. The van der Waals surface area contributed by atoms with E-state index in [1.165, 1.54) is 0 Å². The molecule has 4 heteroatoms. The first-order valence-corrected chi connectivity index (χ1v) is 7.06. The highest BCUT2D eigenvalue weighted by Crippen LogP contribution is 2.22. The van der Waals surface area contributed by atoms with Gasteiger partial charge in [-0.3, -0.25) is 4.79 Å². The molecule has 0 aliphatic rings. The SMILES string of the molecule is CC(C)NCC(=O)Nc1ccc2cc(Br)ccc2c1. The van der Waals surface area contributed by atoms with E-state index in [-0.39, 0.29) is 5.91 Å². The molecule has 0 atom stereocenters. The smallest absolute Gasteiger partial charge is 0.238 e. The highest BCUT2D eigenvalue weighted by molar-refractivity contribution is 9.10. The molecule has 2 N–H and O–H groups in total. The van der Waals surface area contributed by atoms with Gasteiger partial charge in [-0.2, -0.15) is 0 Å². The summed E-state index contributed by atoms with van der Waals surface area (Å²) in [5, 5.41) is 8.24. The lowest BCUT2D eigenvalue weighted by molar-refractivity contribution is -0.115. The van der Waals surface area contributed by atoms with Crippen molar-refractivity contribution in [2.24, 2.45) is 0 Å². The molecular weight excluding hydrogens is 304 g/mol. The summed E-state index contributed by atoms with van der Waals surface area (Å²) < 4.78 is 1.05. The fourth-order valence-corrected chi connectivity index (χ4v) is 2.18.